The van der Waals surface area contributed by atoms with Gasteiger partial charge in [0.25, 0.3) is 0 Å². The highest BCUT2D eigenvalue weighted by Crippen LogP contribution is 2.36. The highest BCUT2D eigenvalue weighted by molar-refractivity contribution is 5.81. The Balaban J connectivity index is 1.81. The molecule has 0 radical (unpaired) electrons. The lowest BCUT2D eigenvalue weighted by Crippen LogP contribution is -2.27. The van der Waals surface area contributed by atoms with Gasteiger partial charge in [0.05, 0.1) is 0 Å². The van der Waals surface area contributed by atoms with Crippen molar-refractivity contribution in [2.45, 2.75) is 71.6 Å². The van der Waals surface area contributed by atoms with Crippen LogP contribution in [0.3, 0.4) is 0 Å². The first kappa shape index (κ1) is 14.7. The molecule has 0 aromatic carbocycles. The molecule has 3 unspecified atom stereocenters. The fourth-order valence-electron chi connectivity index (χ4n) is 3.82. The highest BCUT2D eigenvalue weighted by atomic mass is 16.1. The lowest BCUT2D eigenvalue weighted by atomic mass is 9.73. The number of rotatable bonds is 4. The minimum atomic E-state index is 0.309. The molecule has 108 valence electrons. The average Bonchev–Trinajstić information content (AvgIpc) is 2.37. The molecule has 0 aromatic heterocycles. The van der Waals surface area contributed by atoms with Crippen LogP contribution in [-0.4, -0.2) is 11.6 Å². The van der Waals surface area contributed by atoms with E-state index in [2.05, 4.69) is 13.8 Å². The predicted octanol–water partition coefficient (Wildman–Crippen LogP) is 4.17. The third-order valence-corrected chi connectivity index (χ3v) is 5.19. The monoisotopic (exact) mass is 264 g/mol. The van der Waals surface area contributed by atoms with E-state index in [4.69, 9.17) is 0 Å². The summed E-state index contributed by atoms with van der Waals surface area (Å²) < 4.78 is 0. The molecule has 2 aliphatic carbocycles. The number of hydrogen-bond donors (Lipinski definition) is 0. The molecule has 2 saturated carbocycles. The zero-order chi connectivity index (χ0) is 13.8. The van der Waals surface area contributed by atoms with E-state index in [0.717, 1.165) is 44.9 Å². The van der Waals surface area contributed by atoms with Crippen molar-refractivity contribution in [1.29, 1.82) is 0 Å². The summed E-state index contributed by atoms with van der Waals surface area (Å²) in [7, 11) is 0. The number of Topliss-reactive ketones (excluding diaryl/α,β-unsaturated/α-hetero) is 2. The Morgan fingerprint density at radius 2 is 1.89 bits per heavy atom. The Kier molecular flexibility index (Phi) is 5.18. The lowest BCUT2D eigenvalue weighted by molar-refractivity contribution is -0.125. The van der Waals surface area contributed by atoms with Crippen molar-refractivity contribution in [3.05, 3.63) is 0 Å². The molecular weight excluding hydrogens is 236 g/mol. The maximum Gasteiger partial charge on any atom is 0.135 e. The van der Waals surface area contributed by atoms with E-state index in [1.165, 1.54) is 12.8 Å². The lowest BCUT2D eigenvalue weighted by Gasteiger charge is -2.31. The summed E-state index contributed by atoms with van der Waals surface area (Å²) in [5, 5.41) is 0. The van der Waals surface area contributed by atoms with Gasteiger partial charge in [-0.05, 0) is 49.9 Å². The molecule has 0 spiro atoms. The maximum absolute atomic E-state index is 11.8. The van der Waals surface area contributed by atoms with Crippen molar-refractivity contribution < 1.29 is 9.59 Å². The molecule has 0 aliphatic heterocycles. The summed E-state index contributed by atoms with van der Waals surface area (Å²) in [6.45, 7) is 4.45. The average molecular weight is 264 g/mol. The van der Waals surface area contributed by atoms with Crippen LogP contribution in [0.25, 0.3) is 0 Å². The van der Waals surface area contributed by atoms with Crippen LogP contribution in [0, 0.1) is 23.7 Å². The second-order valence-electron chi connectivity index (χ2n) is 7.04. The Morgan fingerprint density at radius 1 is 1.11 bits per heavy atom. The third kappa shape index (κ3) is 4.15. The van der Waals surface area contributed by atoms with Gasteiger partial charge in [0.2, 0.25) is 0 Å². The van der Waals surface area contributed by atoms with E-state index in [9.17, 15) is 9.59 Å². The van der Waals surface area contributed by atoms with E-state index in [1.807, 2.05) is 0 Å². The van der Waals surface area contributed by atoms with Crippen LogP contribution in [0.1, 0.15) is 71.6 Å². The molecule has 0 saturated heterocycles. The normalized spacial score (nSPS) is 32.9. The first-order valence-electron chi connectivity index (χ1n) is 8.10. The van der Waals surface area contributed by atoms with Crippen molar-refractivity contribution in [3.63, 3.8) is 0 Å². The van der Waals surface area contributed by atoms with Crippen LogP contribution in [-0.2, 0) is 9.59 Å². The Hall–Kier alpha value is -0.660. The van der Waals surface area contributed by atoms with Gasteiger partial charge in [-0.25, -0.2) is 0 Å². The maximum atomic E-state index is 11.8. The molecule has 2 nitrogen and oxygen atoms in total. The van der Waals surface area contributed by atoms with Gasteiger partial charge < -0.3 is 0 Å². The largest absolute Gasteiger partial charge is 0.300 e. The summed E-state index contributed by atoms with van der Waals surface area (Å²) >= 11 is 0. The van der Waals surface area contributed by atoms with Crippen LogP contribution in [0.2, 0.25) is 0 Å². The predicted molar refractivity (Wildman–Crippen MR) is 76.9 cm³/mol. The van der Waals surface area contributed by atoms with Crippen molar-refractivity contribution in [2.75, 3.05) is 0 Å². The van der Waals surface area contributed by atoms with Gasteiger partial charge in [-0.1, -0.05) is 20.3 Å². The number of carbonyl (C=O) groups excluding carboxylic acids is 2. The van der Waals surface area contributed by atoms with Crippen molar-refractivity contribution in [2.24, 2.45) is 23.7 Å². The van der Waals surface area contributed by atoms with E-state index in [0.29, 0.717) is 35.2 Å². The van der Waals surface area contributed by atoms with Gasteiger partial charge in [-0.3, -0.25) is 9.59 Å². The number of hydrogen-bond acceptors (Lipinski definition) is 2. The number of carbonyl (C=O) groups is 2. The van der Waals surface area contributed by atoms with Crippen LogP contribution in [0.15, 0.2) is 0 Å². The fourth-order valence-corrected chi connectivity index (χ4v) is 3.82. The van der Waals surface area contributed by atoms with Crippen LogP contribution in [0.5, 0.6) is 0 Å². The van der Waals surface area contributed by atoms with E-state index >= 15 is 0 Å². The molecule has 0 heterocycles. The van der Waals surface area contributed by atoms with Gasteiger partial charge >= 0.3 is 0 Å². The van der Waals surface area contributed by atoms with Gasteiger partial charge in [-0.15, -0.1) is 0 Å². The van der Waals surface area contributed by atoms with Crippen LogP contribution >= 0.6 is 0 Å². The van der Waals surface area contributed by atoms with Gasteiger partial charge in [0.1, 0.15) is 11.6 Å². The second kappa shape index (κ2) is 6.67. The number of ketones is 2. The molecular formula is C17H28O2. The fraction of sp³-hybridized carbons (Fsp3) is 0.882. The van der Waals surface area contributed by atoms with Gasteiger partial charge in [0, 0.05) is 25.2 Å². The zero-order valence-corrected chi connectivity index (χ0v) is 12.5. The summed E-state index contributed by atoms with van der Waals surface area (Å²) in [5.74, 6) is 2.97. The van der Waals surface area contributed by atoms with Crippen LogP contribution < -0.4 is 0 Å². The molecule has 19 heavy (non-hydrogen) atoms. The minimum absolute atomic E-state index is 0.309. The Labute approximate surface area is 117 Å². The summed E-state index contributed by atoms with van der Waals surface area (Å²) in [6, 6.07) is 0. The molecule has 0 bridgehead atoms. The summed E-state index contributed by atoms with van der Waals surface area (Å²) in [5.41, 5.74) is 0. The first-order chi connectivity index (χ1) is 9.06. The van der Waals surface area contributed by atoms with Crippen molar-refractivity contribution in [1.82, 2.24) is 0 Å². The van der Waals surface area contributed by atoms with E-state index in [1.54, 1.807) is 0 Å². The molecule has 2 aliphatic rings. The zero-order valence-electron chi connectivity index (χ0n) is 12.5. The minimum Gasteiger partial charge on any atom is -0.300 e. The van der Waals surface area contributed by atoms with Crippen molar-refractivity contribution >= 4 is 11.6 Å². The topological polar surface area (TPSA) is 34.1 Å². The van der Waals surface area contributed by atoms with Crippen molar-refractivity contribution in [3.8, 4) is 0 Å². The smallest absolute Gasteiger partial charge is 0.135 e. The third-order valence-electron chi connectivity index (χ3n) is 5.19. The Morgan fingerprint density at radius 3 is 2.58 bits per heavy atom. The van der Waals surface area contributed by atoms with Gasteiger partial charge in [0.15, 0.2) is 0 Å². The molecule has 2 fully saturated rings. The SMILES string of the molecule is CC(C)C1CC(=O)CC(CCC2CCCCC2=O)C1. The molecule has 2 heteroatoms. The second-order valence-corrected chi connectivity index (χ2v) is 7.04. The summed E-state index contributed by atoms with van der Waals surface area (Å²) in [4.78, 5) is 23.7. The summed E-state index contributed by atoms with van der Waals surface area (Å²) in [6.07, 6.45) is 9.06. The van der Waals surface area contributed by atoms with E-state index < -0.39 is 0 Å². The van der Waals surface area contributed by atoms with Crippen LogP contribution in [0.4, 0.5) is 0 Å². The highest BCUT2D eigenvalue weighted by Gasteiger charge is 2.30. The van der Waals surface area contributed by atoms with Gasteiger partial charge in [-0.2, -0.15) is 0 Å². The molecule has 3 atom stereocenters. The quantitative estimate of drug-likeness (QED) is 0.763. The molecule has 0 amide bonds. The first-order valence-corrected chi connectivity index (χ1v) is 8.10. The standard InChI is InChI=1S/C17H28O2/c1-12(2)15-9-13(10-16(18)11-15)7-8-14-5-3-4-6-17(14)19/h12-15H,3-11H2,1-2H3. The molecule has 0 aromatic rings. The molecule has 0 N–H and O–H groups in total. The van der Waals surface area contributed by atoms with E-state index in [-0.39, 0.29) is 0 Å². The Bertz CT molecular complexity index is 332. The molecule has 2 rings (SSSR count).